The fraction of sp³-hybridized carbons (Fsp3) is 0.500. The van der Waals surface area contributed by atoms with Crippen molar-refractivity contribution in [3.8, 4) is 5.75 Å². The average Bonchev–Trinajstić information content (AvgIpc) is 3.31. The summed E-state index contributed by atoms with van der Waals surface area (Å²) in [6.07, 6.45) is 9.41. The molecular formula is C20H25N3O2. The molecule has 0 bridgehead atoms. The van der Waals surface area contributed by atoms with Crippen molar-refractivity contribution in [1.29, 1.82) is 0 Å². The number of carbonyl (C=O) groups is 1. The van der Waals surface area contributed by atoms with Crippen molar-refractivity contribution in [1.82, 2.24) is 14.5 Å². The molecule has 1 aliphatic heterocycles. The Morgan fingerprint density at radius 3 is 2.96 bits per heavy atom. The lowest BCUT2D eigenvalue weighted by Gasteiger charge is -2.37. The molecule has 4 rings (SSSR count). The maximum Gasteiger partial charge on any atom is 0.223 e. The summed E-state index contributed by atoms with van der Waals surface area (Å²) < 4.78 is 7.54. The molecule has 1 saturated carbocycles. The van der Waals surface area contributed by atoms with E-state index in [1.165, 1.54) is 25.7 Å². The highest BCUT2D eigenvalue weighted by Crippen LogP contribution is 2.34. The molecule has 132 valence electrons. The van der Waals surface area contributed by atoms with Crippen LogP contribution in [0.5, 0.6) is 5.75 Å². The Bertz CT molecular complexity index is 749. The van der Waals surface area contributed by atoms with E-state index in [0.29, 0.717) is 18.9 Å². The monoisotopic (exact) mass is 339 g/mol. The lowest BCUT2D eigenvalue weighted by molar-refractivity contribution is -0.136. The van der Waals surface area contributed by atoms with Crippen molar-refractivity contribution in [2.45, 2.75) is 51.2 Å². The van der Waals surface area contributed by atoms with Gasteiger partial charge in [-0.05, 0) is 36.5 Å². The van der Waals surface area contributed by atoms with Gasteiger partial charge in [0.15, 0.2) is 0 Å². The van der Waals surface area contributed by atoms with E-state index in [-0.39, 0.29) is 11.9 Å². The maximum atomic E-state index is 13.1. The van der Waals surface area contributed by atoms with Gasteiger partial charge in [0, 0.05) is 25.4 Å². The summed E-state index contributed by atoms with van der Waals surface area (Å²) in [6, 6.07) is 8.11. The van der Waals surface area contributed by atoms with Gasteiger partial charge in [-0.15, -0.1) is 0 Å². The minimum atomic E-state index is 0.0331. The van der Waals surface area contributed by atoms with Crippen LogP contribution in [0.25, 0.3) is 0 Å². The molecule has 1 aromatic carbocycles. The summed E-state index contributed by atoms with van der Waals surface area (Å²) in [5, 5.41) is 0. The van der Waals surface area contributed by atoms with Gasteiger partial charge in [-0.25, -0.2) is 4.98 Å². The van der Waals surface area contributed by atoms with E-state index in [1.807, 2.05) is 35.5 Å². The molecule has 1 amide bonds. The van der Waals surface area contributed by atoms with Crippen molar-refractivity contribution in [3.05, 3.63) is 48.0 Å². The number of nitrogens with zero attached hydrogens (tertiary/aromatic N) is 3. The van der Waals surface area contributed by atoms with Crippen molar-refractivity contribution < 1.29 is 9.53 Å². The van der Waals surface area contributed by atoms with Crippen LogP contribution in [-0.4, -0.2) is 27.5 Å². The number of amides is 1. The molecule has 0 spiro atoms. The number of benzene rings is 1. The predicted molar refractivity (Wildman–Crippen MR) is 95.1 cm³/mol. The highest BCUT2D eigenvalue weighted by atomic mass is 16.5. The molecule has 2 aromatic rings. The third-order valence-corrected chi connectivity index (χ3v) is 5.60. The number of hydrogen-bond acceptors (Lipinski definition) is 3. The highest BCUT2D eigenvalue weighted by Gasteiger charge is 2.33. The first kappa shape index (κ1) is 16.2. The predicted octanol–water partition coefficient (Wildman–Crippen LogP) is 3.56. The molecule has 1 aliphatic carbocycles. The minimum Gasteiger partial charge on any atom is -0.497 e. The topological polar surface area (TPSA) is 47.4 Å². The van der Waals surface area contributed by atoms with Crippen molar-refractivity contribution in [3.63, 3.8) is 0 Å². The molecule has 1 unspecified atom stereocenters. The van der Waals surface area contributed by atoms with Crippen molar-refractivity contribution in [2.75, 3.05) is 7.11 Å². The Labute approximate surface area is 148 Å². The first-order valence-electron chi connectivity index (χ1n) is 9.18. The van der Waals surface area contributed by atoms with Gasteiger partial charge in [0.25, 0.3) is 0 Å². The smallest absolute Gasteiger partial charge is 0.223 e. The lowest BCUT2D eigenvalue weighted by Crippen LogP contribution is -2.41. The van der Waals surface area contributed by atoms with Crippen molar-refractivity contribution >= 4 is 5.91 Å². The third kappa shape index (κ3) is 3.28. The van der Waals surface area contributed by atoms with Gasteiger partial charge in [0.1, 0.15) is 11.6 Å². The lowest BCUT2D eigenvalue weighted by atomic mass is 9.99. The van der Waals surface area contributed by atoms with Crippen LogP contribution in [0.4, 0.5) is 0 Å². The Morgan fingerprint density at radius 2 is 2.16 bits per heavy atom. The zero-order valence-electron chi connectivity index (χ0n) is 14.7. The molecule has 2 heterocycles. The molecule has 0 N–H and O–H groups in total. The van der Waals surface area contributed by atoms with Gasteiger partial charge in [-0.2, -0.15) is 0 Å². The van der Waals surface area contributed by atoms with Gasteiger partial charge in [0.2, 0.25) is 5.91 Å². The molecule has 25 heavy (non-hydrogen) atoms. The Morgan fingerprint density at radius 1 is 1.32 bits per heavy atom. The number of methoxy groups -OCH3 is 1. The van der Waals surface area contributed by atoms with Crippen LogP contribution >= 0.6 is 0 Å². The number of carbonyl (C=O) groups excluding carboxylic acids is 1. The highest BCUT2D eigenvalue weighted by molar-refractivity contribution is 5.77. The van der Waals surface area contributed by atoms with E-state index < -0.39 is 0 Å². The third-order valence-electron chi connectivity index (χ3n) is 5.60. The summed E-state index contributed by atoms with van der Waals surface area (Å²) in [5.41, 5.74) is 1.12. The largest absolute Gasteiger partial charge is 0.497 e. The zero-order chi connectivity index (χ0) is 17.2. The normalized spacial score (nSPS) is 20.5. The summed E-state index contributed by atoms with van der Waals surface area (Å²) in [5.74, 6) is 2.62. The van der Waals surface area contributed by atoms with Crippen LogP contribution in [0.2, 0.25) is 0 Å². The molecule has 0 saturated heterocycles. The van der Waals surface area contributed by atoms with E-state index in [2.05, 4.69) is 15.6 Å². The van der Waals surface area contributed by atoms with Gasteiger partial charge in [-0.3, -0.25) is 4.79 Å². The molecule has 1 fully saturated rings. The number of hydrogen-bond donors (Lipinski definition) is 0. The number of imidazole rings is 1. The minimum absolute atomic E-state index is 0.0331. The second-order valence-electron chi connectivity index (χ2n) is 7.16. The molecule has 2 aliphatic rings. The standard InChI is InChI=1S/C20H25N3O2/c1-25-17-8-4-7-16(12-17)18-13-22-10-9-21-19(22)14-23(18)20(24)11-15-5-2-3-6-15/h4,7-10,12,15,18H,2-3,5-6,11,13-14H2,1H3. The summed E-state index contributed by atoms with van der Waals surface area (Å²) in [6.45, 7) is 1.33. The van der Waals surface area contributed by atoms with Gasteiger partial charge in [-0.1, -0.05) is 25.0 Å². The summed E-state index contributed by atoms with van der Waals surface area (Å²) in [7, 11) is 1.68. The fourth-order valence-electron chi connectivity index (χ4n) is 4.18. The van der Waals surface area contributed by atoms with E-state index in [9.17, 15) is 4.79 Å². The van der Waals surface area contributed by atoms with Crippen LogP contribution in [-0.2, 0) is 17.9 Å². The zero-order valence-corrected chi connectivity index (χ0v) is 14.7. The number of ether oxygens (including phenoxy) is 1. The Balaban J connectivity index is 1.62. The number of aromatic nitrogens is 2. The van der Waals surface area contributed by atoms with E-state index >= 15 is 0 Å². The van der Waals surface area contributed by atoms with E-state index in [1.54, 1.807) is 7.11 Å². The van der Waals surface area contributed by atoms with E-state index in [0.717, 1.165) is 23.7 Å². The van der Waals surface area contributed by atoms with Gasteiger partial charge < -0.3 is 14.2 Å². The molecule has 0 radical (unpaired) electrons. The van der Waals surface area contributed by atoms with E-state index in [4.69, 9.17) is 4.74 Å². The molecule has 1 atom stereocenters. The quantitative estimate of drug-likeness (QED) is 0.856. The van der Waals surface area contributed by atoms with Crippen LogP contribution < -0.4 is 4.74 Å². The average molecular weight is 339 g/mol. The summed E-state index contributed by atoms with van der Waals surface area (Å²) >= 11 is 0. The molecular weight excluding hydrogens is 314 g/mol. The van der Waals surface area contributed by atoms with Crippen LogP contribution in [0, 0.1) is 5.92 Å². The summed E-state index contributed by atoms with van der Waals surface area (Å²) in [4.78, 5) is 19.5. The number of rotatable bonds is 4. The maximum absolute atomic E-state index is 13.1. The second-order valence-corrected chi connectivity index (χ2v) is 7.16. The first-order chi connectivity index (χ1) is 12.2. The number of fused-ring (bicyclic) bond motifs is 1. The van der Waals surface area contributed by atoms with Crippen LogP contribution in [0.1, 0.15) is 49.5 Å². The second kappa shape index (κ2) is 6.90. The Kier molecular flexibility index (Phi) is 4.47. The van der Waals surface area contributed by atoms with Gasteiger partial charge >= 0.3 is 0 Å². The van der Waals surface area contributed by atoms with Crippen LogP contribution in [0.15, 0.2) is 36.7 Å². The molecule has 5 heteroatoms. The fourth-order valence-corrected chi connectivity index (χ4v) is 4.18. The molecule has 1 aromatic heterocycles. The van der Waals surface area contributed by atoms with Crippen molar-refractivity contribution in [2.24, 2.45) is 5.92 Å². The van der Waals surface area contributed by atoms with Crippen LogP contribution in [0.3, 0.4) is 0 Å². The first-order valence-corrected chi connectivity index (χ1v) is 9.18. The Hall–Kier alpha value is -2.30. The molecule has 5 nitrogen and oxygen atoms in total. The SMILES string of the molecule is COc1cccc(C2Cn3ccnc3CN2C(=O)CC2CCCC2)c1. The van der Waals surface area contributed by atoms with Gasteiger partial charge in [0.05, 0.1) is 19.7 Å².